The summed E-state index contributed by atoms with van der Waals surface area (Å²) < 4.78 is 46.1. The molecule has 0 radical (unpaired) electrons. The third kappa shape index (κ3) is 4.98. The molecule has 0 saturated heterocycles. The van der Waals surface area contributed by atoms with Crippen molar-refractivity contribution in [2.75, 3.05) is 6.61 Å². The maximum Gasteiger partial charge on any atom is 0.407 e. The van der Waals surface area contributed by atoms with Crippen molar-refractivity contribution in [1.82, 2.24) is 5.32 Å². The number of amides is 1. The van der Waals surface area contributed by atoms with E-state index in [0.717, 1.165) is 6.07 Å². The molecule has 0 aliphatic heterocycles. The van der Waals surface area contributed by atoms with E-state index >= 15 is 0 Å². The molecule has 7 heteroatoms. The molecular formula is C18H22F3NO3. The van der Waals surface area contributed by atoms with Gasteiger partial charge in [-0.15, -0.1) is 0 Å². The minimum atomic E-state index is -1.26. The number of aliphatic hydroxyl groups is 1. The van der Waals surface area contributed by atoms with Crippen LogP contribution in [0.2, 0.25) is 0 Å². The summed E-state index contributed by atoms with van der Waals surface area (Å²) in [5.41, 5.74) is -0.0505. The third-order valence-corrected chi connectivity index (χ3v) is 3.97. The molecule has 1 aromatic carbocycles. The van der Waals surface area contributed by atoms with Crippen molar-refractivity contribution in [2.24, 2.45) is 0 Å². The highest BCUT2D eigenvalue weighted by Crippen LogP contribution is 2.35. The SMILES string of the molecule is CC(C)(C)OC(=O)N[C@H]1CC(CO)=CC[C@@H]1c1cc(F)c(F)cc1F. The van der Waals surface area contributed by atoms with Gasteiger partial charge in [-0.2, -0.15) is 0 Å². The van der Waals surface area contributed by atoms with Crippen LogP contribution in [-0.4, -0.2) is 29.4 Å². The number of rotatable bonds is 3. The normalized spacial score (nSPS) is 20.8. The average molecular weight is 357 g/mol. The van der Waals surface area contributed by atoms with Crippen molar-refractivity contribution in [3.05, 3.63) is 46.8 Å². The Labute approximate surface area is 144 Å². The number of hydrogen-bond acceptors (Lipinski definition) is 3. The maximum atomic E-state index is 14.2. The summed E-state index contributed by atoms with van der Waals surface area (Å²) in [6.07, 6.45) is 1.57. The molecule has 1 aromatic rings. The van der Waals surface area contributed by atoms with Crippen molar-refractivity contribution >= 4 is 6.09 Å². The minimum absolute atomic E-state index is 0.0202. The van der Waals surface area contributed by atoms with Crippen molar-refractivity contribution < 1.29 is 27.8 Å². The topological polar surface area (TPSA) is 58.6 Å². The zero-order chi connectivity index (χ0) is 18.8. The average Bonchev–Trinajstić information content (AvgIpc) is 2.49. The van der Waals surface area contributed by atoms with Gasteiger partial charge in [0.25, 0.3) is 0 Å². The van der Waals surface area contributed by atoms with Gasteiger partial charge in [-0.3, -0.25) is 0 Å². The first-order chi connectivity index (χ1) is 11.6. The van der Waals surface area contributed by atoms with E-state index in [1.165, 1.54) is 0 Å². The number of aliphatic hydroxyl groups excluding tert-OH is 1. The first-order valence-electron chi connectivity index (χ1n) is 8.03. The van der Waals surface area contributed by atoms with Crippen LogP contribution in [0.5, 0.6) is 0 Å². The van der Waals surface area contributed by atoms with Crippen LogP contribution in [0, 0.1) is 17.5 Å². The molecule has 2 atom stereocenters. The smallest absolute Gasteiger partial charge is 0.407 e. The van der Waals surface area contributed by atoms with E-state index in [4.69, 9.17) is 4.74 Å². The Morgan fingerprint density at radius 1 is 1.24 bits per heavy atom. The molecular weight excluding hydrogens is 335 g/mol. The summed E-state index contributed by atoms with van der Waals surface area (Å²) >= 11 is 0. The Hall–Kier alpha value is -2.02. The number of ether oxygens (including phenoxy) is 1. The second-order valence-electron chi connectivity index (χ2n) is 7.11. The lowest BCUT2D eigenvalue weighted by molar-refractivity contribution is 0.0493. The first kappa shape index (κ1) is 19.3. The lowest BCUT2D eigenvalue weighted by atomic mass is 9.80. The van der Waals surface area contributed by atoms with Gasteiger partial charge in [-0.05, 0) is 50.8 Å². The molecule has 2 N–H and O–H groups in total. The highest BCUT2D eigenvalue weighted by molar-refractivity contribution is 5.68. The Bertz CT molecular complexity index is 683. The van der Waals surface area contributed by atoms with Crippen LogP contribution < -0.4 is 5.32 Å². The lowest BCUT2D eigenvalue weighted by Crippen LogP contribution is -2.44. The Balaban J connectivity index is 2.29. The number of benzene rings is 1. The van der Waals surface area contributed by atoms with Crippen molar-refractivity contribution in [2.45, 2.75) is 51.2 Å². The highest BCUT2D eigenvalue weighted by Gasteiger charge is 2.32. The summed E-state index contributed by atoms with van der Waals surface area (Å²) in [5.74, 6) is -3.89. The van der Waals surface area contributed by atoms with E-state index in [9.17, 15) is 23.1 Å². The zero-order valence-electron chi connectivity index (χ0n) is 14.4. The van der Waals surface area contributed by atoms with E-state index in [2.05, 4.69) is 5.32 Å². The van der Waals surface area contributed by atoms with E-state index < -0.39 is 41.1 Å². The molecule has 0 spiro atoms. The van der Waals surface area contributed by atoms with E-state index in [1.54, 1.807) is 26.8 Å². The third-order valence-electron chi connectivity index (χ3n) is 3.97. The summed E-state index contributed by atoms with van der Waals surface area (Å²) in [6.45, 7) is 4.93. The minimum Gasteiger partial charge on any atom is -0.444 e. The summed E-state index contributed by atoms with van der Waals surface area (Å²) in [5, 5.41) is 12.0. The van der Waals surface area contributed by atoms with Gasteiger partial charge in [0.2, 0.25) is 0 Å². The lowest BCUT2D eigenvalue weighted by Gasteiger charge is -2.33. The van der Waals surface area contributed by atoms with E-state index in [0.29, 0.717) is 11.6 Å². The number of alkyl carbamates (subject to hydrolysis) is 1. The molecule has 0 heterocycles. The predicted molar refractivity (Wildman–Crippen MR) is 86.6 cm³/mol. The summed E-state index contributed by atoms with van der Waals surface area (Å²) in [7, 11) is 0. The quantitative estimate of drug-likeness (QED) is 0.639. The fraction of sp³-hybridized carbons (Fsp3) is 0.500. The van der Waals surface area contributed by atoms with Gasteiger partial charge in [-0.1, -0.05) is 6.08 Å². The van der Waals surface area contributed by atoms with E-state index in [1.807, 2.05) is 0 Å². The van der Waals surface area contributed by atoms with Crippen molar-refractivity contribution in [3.63, 3.8) is 0 Å². The summed E-state index contributed by atoms with van der Waals surface area (Å²) in [4.78, 5) is 12.1. The number of hydrogen-bond donors (Lipinski definition) is 2. The van der Waals surface area contributed by atoms with E-state index in [-0.39, 0.29) is 25.0 Å². The second kappa shape index (κ2) is 7.47. The van der Waals surface area contributed by atoms with Crippen LogP contribution in [-0.2, 0) is 4.74 Å². The monoisotopic (exact) mass is 357 g/mol. The molecule has 0 bridgehead atoms. The first-order valence-corrected chi connectivity index (χ1v) is 8.03. The van der Waals surface area contributed by atoms with Crippen LogP contribution >= 0.6 is 0 Å². The zero-order valence-corrected chi connectivity index (χ0v) is 14.4. The van der Waals surface area contributed by atoms with Crippen LogP contribution in [0.1, 0.15) is 45.1 Å². The molecule has 0 unspecified atom stereocenters. The van der Waals surface area contributed by atoms with Crippen LogP contribution in [0.15, 0.2) is 23.8 Å². The number of carbonyl (C=O) groups is 1. The fourth-order valence-electron chi connectivity index (χ4n) is 2.87. The predicted octanol–water partition coefficient (Wildman–Crippen LogP) is 3.79. The number of nitrogens with one attached hydrogen (secondary N) is 1. The molecule has 0 fully saturated rings. The van der Waals surface area contributed by atoms with Gasteiger partial charge in [0.05, 0.1) is 6.61 Å². The van der Waals surface area contributed by atoms with Gasteiger partial charge < -0.3 is 15.2 Å². The molecule has 138 valence electrons. The van der Waals surface area contributed by atoms with Gasteiger partial charge >= 0.3 is 6.09 Å². The van der Waals surface area contributed by atoms with Crippen LogP contribution in [0.25, 0.3) is 0 Å². The molecule has 2 rings (SSSR count). The number of halogens is 3. The van der Waals surface area contributed by atoms with Gasteiger partial charge in [0.15, 0.2) is 11.6 Å². The van der Waals surface area contributed by atoms with Crippen molar-refractivity contribution in [1.29, 1.82) is 0 Å². The molecule has 1 amide bonds. The molecule has 0 saturated carbocycles. The standard InChI is InChI=1S/C18H22F3NO3/c1-18(2,3)25-17(24)22-16-6-10(9-23)4-5-11(16)12-7-14(20)15(21)8-13(12)19/h4,7-8,11,16,23H,5-6,9H2,1-3H3,(H,22,24)/t11-,16+/m1/s1. The van der Waals surface area contributed by atoms with Gasteiger partial charge in [-0.25, -0.2) is 18.0 Å². The Morgan fingerprint density at radius 2 is 1.88 bits per heavy atom. The molecule has 0 aromatic heterocycles. The molecule has 25 heavy (non-hydrogen) atoms. The largest absolute Gasteiger partial charge is 0.444 e. The highest BCUT2D eigenvalue weighted by atomic mass is 19.2. The number of allylic oxidation sites excluding steroid dienone is 1. The van der Waals surface area contributed by atoms with Gasteiger partial charge in [0, 0.05) is 18.0 Å². The molecule has 1 aliphatic carbocycles. The van der Waals surface area contributed by atoms with Crippen LogP contribution in [0.3, 0.4) is 0 Å². The molecule has 1 aliphatic rings. The second-order valence-corrected chi connectivity index (χ2v) is 7.11. The Kier molecular flexibility index (Phi) is 5.77. The summed E-state index contributed by atoms with van der Waals surface area (Å²) in [6, 6.07) is 0.707. The maximum absolute atomic E-state index is 14.2. The van der Waals surface area contributed by atoms with Crippen LogP contribution in [0.4, 0.5) is 18.0 Å². The Morgan fingerprint density at radius 3 is 2.48 bits per heavy atom. The van der Waals surface area contributed by atoms with Gasteiger partial charge in [0.1, 0.15) is 11.4 Å². The molecule has 4 nitrogen and oxygen atoms in total. The number of carbonyl (C=O) groups excluding carboxylic acids is 1. The van der Waals surface area contributed by atoms with Crippen molar-refractivity contribution in [3.8, 4) is 0 Å². The fourth-order valence-corrected chi connectivity index (χ4v) is 2.87.